The summed E-state index contributed by atoms with van der Waals surface area (Å²) in [6, 6.07) is 0. The Balaban J connectivity index is 0.000000360. The molecule has 0 aromatic carbocycles. The molecule has 1 fully saturated rings. The first kappa shape index (κ1) is 6.96. The summed E-state index contributed by atoms with van der Waals surface area (Å²) in [5, 5.41) is 0. The third kappa shape index (κ3) is 2.63. The Kier molecular flexibility index (Phi) is 4.10. The summed E-state index contributed by atoms with van der Waals surface area (Å²) in [6.45, 7) is 0. The van der Waals surface area contributed by atoms with Crippen molar-refractivity contribution in [2.45, 2.75) is 38.5 Å². The van der Waals surface area contributed by atoms with Gasteiger partial charge >= 0.3 is 0 Å². The monoisotopic (exact) mass is 102 g/mol. The highest BCUT2D eigenvalue weighted by Gasteiger charge is 1.95. The first-order valence-corrected chi connectivity index (χ1v) is 3.00. The molecule has 0 atom stereocenters. The van der Waals surface area contributed by atoms with Crippen molar-refractivity contribution >= 4 is 0 Å². The third-order valence-electron chi connectivity index (χ3n) is 1.50. The van der Waals surface area contributed by atoms with Crippen LogP contribution < -0.4 is 0 Å². The van der Waals surface area contributed by atoms with E-state index in [1.54, 1.807) is 0 Å². The highest BCUT2D eigenvalue weighted by molar-refractivity contribution is 4.51. The molecular formula is C6H14O. The van der Waals surface area contributed by atoms with Gasteiger partial charge in [0.15, 0.2) is 0 Å². The lowest BCUT2D eigenvalue weighted by atomic mass is 10.0. The van der Waals surface area contributed by atoms with Gasteiger partial charge in [-0.1, -0.05) is 38.5 Å². The summed E-state index contributed by atoms with van der Waals surface area (Å²) < 4.78 is 0. The molecule has 1 heteroatoms. The van der Waals surface area contributed by atoms with E-state index in [9.17, 15) is 0 Å². The zero-order valence-corrected chi connectivity index (χ0v) is 4.74. The second-order valence-corrected chi connectivity index (χ2v) is 2.12. The van der Waals surface area contributed by atoms with Crippen molar-refractivity contribution < 1.29 is 5.48 Å². The number of rotatable bonds is 0. The summed E-state index contributed by atoms with van der Waals surface area (Å²) >= 11 is 0. The van der Waals surface area contributed by atoms with Gasteiger partial charge < -0.3 is 5.48 Å². The van der Waals surface area contributed by atoms with Crippen LogP contribution in [0.2, 0.25) is 0 Å². The van der Waals surface area contributed by atoms with Crippen LogP contribution in [0.3, 0.4) is 0 Å². The lowest BCUT2D eigenvalue weighted by Gasteiger charge is -2.05. The molecular weight excluding hydrogens is 88.1 g/mol. The Morgan fingerprint density at radius 2 is 0.571 bits per heavy atom. The minimum atomic E-state index is 0. The minimum Gasteiger partial charge on any atom is -0.412 e. The van der Waals surface area contributed by atoms with Crippen LogP contribution in [0.1, 0.15) is 38.5 Å². The van der Waals surface area contributed by atoms with E-state index >= 15 is 0 Å². The maximum Gasteiger partial charge on any atom is -0.0533 e. The van der Waals surface area contributed by atoms with Gasteiger partial charge in [-0.15, -0.1) is 0 Å². The molecule has 0 aromatic heterocycles. The van der Waals surface area contributed by atoms with Crippen molar-refractivity contribution in [2.24, 2.45) is 0 Å². The Morgan fingerprint density at radius 3 is 0.714 bits per heavy atom. The van der Waals surface area contributed by atoms with Crippen LogP contribution in [0.4, 0.5) is 0 Å². The van der Waals surface area contributed by atoms with Gasteiger partial charge in [-0.25, -0.2) is 0 Å². The van der Waals surface area contributed by atoms with E-state index in [-0.39, 0.29) is 5.48 Å². The summed E-state index contributed by atoms with van der Waals surface area (Å²) in [7, 11) is 0. The Labute approximate surface area is 45.0 Å². The second kappa shape index (κ2) is 4.13. The molecule has 1 aliphatic rings. The SMILES string of the molecule is C1CCCCC1.O. The quantitative estimate of drug-likeness (QED) is 0.444. The Bertz CT molecular complexity index is 19.7. The van der Waals surface area contributed by atoms with Crippen molar-refractivity contribution in [3.63, 3.8) is 0 Å². The lowest BCUT2D eigenvalue weighted by Crippen LogP contribution is -1.85. The number of hydrogen-bond acceptors (Lipinski definition) is 0. The molecule has 0 heterocycles. The summed E-state index contributed by atoms with van der Waals surface area (Å²) in [5.41, 5.74) is 0. The molecule has 1 nitrogen and oxygen atoms in total. The van der Waals surface area contributed by atoms with Crippen LogP contribution in [0.15, 0.2) is 0 Å². The predicted octanol–water partition coefficient (Wildman–Crippen LogP) is 1.52. The second-order valence-electron chi connectivity index (χ2n) is 2.12. The van der Waals surface area contributed by atoms with Gasteiger partial charge in [-0.2, -0.15) is 0 Å². The molecule has 7 heavy (non-hydrogen) atoms. The van der Waals surface area contributed by atoms with Crippen LogP contribution in [0.5, 0.6) is 0 Å². The highest BCUT2D eigenvalue weighted by atomic mass is 16.0. The van der Waals surface area contributed by atoms with E-state index in [1.807, 2.05) is 0 Å². The van der Waals surface area contributed by atoms with Crippen LogP contribution in [-0.4, -0.2) is 5.48 Å². The van der Waals surface area contributed by atoms with Gasteiger partial charge in [0.2, 0.25) is 0 Å². The van der Waals surface area contributed by atoms with E-state index in [2.05, 4.69) is 0 Å². The average Bonchev–Trinajstić information content (AvgIpc) is 1.72. The van der Waals surface area contributed by atoms with Crippen molar-refractivity contribution in [1.82, 2.24) is 0 Å². The average molecular weight is 102 g/mol. The summed E-state index contributed by atoms with van der Waals surface area (Å²) in [5.74, 6) is 0. The normalized spacial score (nSPS) is 20.6. The Hall–Kier alpha value is -0.0400. The molecule has 0 aromatic rings. The fourth-order valence-electron chi connectivity index (χ4n) is 1.06. The van der Waals surface area contributed by atoms with Crippen molar-refractivity contribution in [1.29, 1.82) is 0 Å². The zero-order chi connectivity index (χ0) is 4.24. The van der Waals surface area contributed by atoms with Gasteiger partial charge in [-0.3, -0.25) is 0 Å². The molecule has 0 spiro atoms. The molecule has 1 rings (SSSR count). The molecule has 1 saturated carbocycles. The molecule has 44 valence electrons. The van der Waals surface area contributed by atoms with Gasteiger partial charge in [-0.05, 0) is 0 Å². The van der Waals surface area contributed by atoms with E-state index in [4.69, 9.17) is 0 Å². The zero-order valence-electron chi connectivity index (χ0n) is 4.74. The van der Waals surface area contributed by atoms with Gasteiger partial charge in [0.05, 0.1) is 0 Å². The van der Waals surface area contributed by atoms with Crippen molar-refractivity contribution in [2.75, 3.05) is 0 Å². The van der Waals surface area contributed by atoms with Crippen LogP contribution in [0.25, 0.3) is 0 Å². The van der Waals surface area contributed by atoms with Crippen LogP contribution >= 0.6 is 0 Å². The molecule has 0 unspecified atom stereocenters. The molecule has 0 saturated heterocycles. The largest absolute Gasteiger partial charge is 0.412 e. The molecule has 0 amide bonds. The molecule has 0 radical (unpaired) electrons. The fraction of sp³-hybridized carbons (Fsp3) is 1.00. The molecule has 0 aliphatic heterocycles. The molecule has 2 N–H and O–H groups in total. The topological polar surface area (TPSA) is 31.5 Å². The van der Waals surface area contributed by atoms with E-state index in [0.29, 0.717) is 0 Å². The van der Waals surface area contributed by atoms with Gasteiger partial charge in [0.1, 0.15) is 0 Å². The van der Waals surface area contributed by atoms with Crippen molar-refractivity contribution in [3.05, 3.63) is 0 Å². The number of hydrogen-bond donors (Lipinski definition) is 0. The van der Waals surface area contributed by atoms with Gasteiger partial charge in [0, 0.05) is 0 Å². The smallest absolute Gasteiger partial charge is 0.0533 e. The summed E-state index contributed by atoms with van der Waals surface area (Å²) in [6.07, 6.45) is 9.00. The van der Waals surface area contributed by atoms with E-state index < -0.39 is 0 Å². The van der Waals surface area contributed by atoms with Crippen molar-refractivity contribution in [3.8, 4) is 0 Å². The summed E-state index contributed by atoms with van der Waals surface area (Å²) in [4.78, 5) is 0. The Morgan fingerprint density at radius 1 is 0.429 bits per heavy atom. The molecule has 1 aliphatic carbocycles. The van der Waals surface area contributed by atoms with Crippen LogP contribution in [0, 0.1) is 0 Å². The highest BCUT2D eigenvalue weighted by Crippen LogP contribution is 2.15. The first-order valence-electron chi connectivity index (χ1n) is 3.00. The van der Waals surface area contributed by atoms with E-state index in [0.717, 1.165) is 0 Å². The lowest BCUT2D eigenvalue weighted by molar-refractivity contribution is 0.504. The van der Waals surface area contributed by atoms with Gasteiger partial charge in [0.25, 0.3) is 0 Å². The molecule has 0 bridgehead atoms. The maximum atomic E-state index is 1.50. The predicted molar refractivity (Wildman–Crippen MR) is 31.3 cm³/mol. The maximum absolute atomic E-state index is 1.50. The third-order valence-corrected chi connectivity index (χ3v) is 1.50. The minimum absolute atomic E-state index is 0. The first-order chi connectivity index (χ1) is 3.00. The van der Waals surface area contributed by atoms with Crippen LogP contribution in [-0.2, 0) is 0 Å². The fourth-order valence-corrected chi connectivity index (χ4v) is 1.06. The standard InChI is InChI=1S/C6H12.H2O/c1-2-4-6-5-3-1;/h1-6H2;1H2. The van der Waals surface area contributed by atoms with E-state index in [1.165, 1.54) is 38.5 Å².